The molecule has 5 nitrogen and oxygen atoms in total. The van der Waals surface area contributed by atoms with E-state index in [4.69, 9.17) is 10.9 Å². The Labute approximate surface area is 125 Å². The number of aryl methyl sites for hydroxylation is 1. The summed E-state index contributed by atoms with van der Waals surface area (Å²) in [7, 11) is 0. The predicted octanol–water partition coefficient (Wildman–Crippen LogP) is 2.62. The zero-order valence-corrected chi connectivity index (χ0v) is 12.0. The lowest BCUT2D eigenvalue weighted by Crippen LogP contribution is -2.24. The summed E-state index contributed by atoms with van der Waals surface area (Å²) in [5, 5.41) is 9.11. The number of pyridine rings is 1. The maximum Gasteiger partial charge on any atom is 0.259 e. The van der Waals surface area contributed by atoms with Gasteiger partial charge in [0, 0.05) is 0 Å². The number of nitrogens with one attached hydrogen (secondary N) is 1. The van der Waals surface area contributed by atoms with Gasteiger partial charge in [-0.15, -0.1) is 17.8 Å². The first-order chi connectivity index (χ1) is 10.2. The van der Waals surface area contributed by atoms with Crippen molar-refractivity contribution in [1.82, 2.24) is 15.5 Å². The van der Waals surface area contributed by atoms with E-state index in [0.29, 0.717) is 28.1 Å². The fraction of sp³-hybridized carbons (Fsp3) is 0.133. The summed E-state index contributed by atoms with van der Waals surface area (Å²) >= 11 is 1.54. The van der Waals surface area contributed by atoms with Gasteiger partial charge >= 0.3 is 0 Å². The number of hydrogen-bond acceptors (Lipinski definition) is 5. The number of rotatable bonds is 3. The Bertz CT molecular complexity index is 844. The maximum atomic E-state index is 12.3. The smallest absolute Gasteiger partial charge is 0.259 e. The van der Waals surface area contributed by atoms with Crippen molar-refractivity contribution < 1.29 is 9.32 Å². The molecule has 0 aromatic carbocycles. The van der Waals surface area contributed by atoms with E-state index in [1.165, 1.54) is 0 Å². The minimum Gasteiger partial charge on any atom is -0.341 e. The van der Waals surface area contributed by atoms with E-state index in [1.54, 1.807) is 24.3 Å². The number of thiophene rings is 1. The monoisotopic (exact) mass is 297 g/mol. The molecule has 0 aliphatic carbocycles. The zero-order chi connectivity index (χ0) is 14.8. The molecule has 1 N–H and O–H groups in total. The van der Waals surface area contributed by atoms with Gasteiger partial charge in [-0.25, -0.2) is 4.98 Å². The lowest BCUT2D eigenvalue weighted by Gasteiger charge is -2.05. The van der Waals surface area contributed by atoms with Gasteiger partial charge in [-0.05, 0) is 24.4 Å². The molecule has 3 aromatic heterocycles. The normalized spacial score (nSPS) is 10.5. The van der Waals surface area contributed by atoms with Crippen LogP contribution >= 0.6 is 11.3 Å². The Hall–Kier alpha value is -2.65. The van der Waals surface area contributed by atoms with Crippen molar-refractivity contribution in [1.29, 1.82) is 0 Å². The minimum atomic E-state index is -0.260. The second-order valence-corrected chi connectivity index (χ2v) is 5.31. The molecule has 0 unspecified atom stereocenters. The van der Waals surface area contributed by atoms with Crippen LogP contribution in [0.4, 0.5) is 0 Å². The SMILES string of the molecule is C#CCNC(=O)c1cc(-c2cccs2)nc2onc(C)c12. The van der Waals surface area contributed by atoms with Crippen molar-refractivity contribution in [3.05, 3.63) is 34.8 Å². The second-order valence-electron chi connectivity index (χ2n) is 4.37. The first kappa shape index (κ1) is 13.3. The first-order valence-electron chi connectivity index (χ1n) is 6.23. The molecule has 1 amide bonds. The van der Waals surface area contributed by atoms with Gasteiger partial charge < -0.3 is 9.84 Å². The molecule has 104 valence electrons. The number of nitrogens with zero attached hydrogens (tertiary/aromatic N) is 2. The molecular weight excluding hydrogens is 286 g/mol. The highest BCUT2D eigenvalue weighted by molar-refractivity contribution is 7.13. The molecule has 0 spiro atoms. The fourth-order valence-corrected chi connectivity index (χ4v) is 2.74. The highest BCUT2D eigenvalue weighted by Gasteiger charge is 2.19. The van der Waals surface area contributed by atoms with E-state index in [9.17, 15) is 4.79 Å². The number of terminal acetylenes is 1. The van der Waals surface area contributed by atoms with Gasteiger partial charge in [0.05, 0.1) is 33.8 Å². The van der Waals surface area contributed by atoms with Crippen LogP contribution in [0.25, 0.3) is 21.7 Å². The molecule has 3 rings (SSSR count). The van der Waals surface area contributed by atoms with Crippen LogP contribution in [0, 0.1) is 19.3 Å². The van der Waals surface area contributed by atoms with E-state index < -0.39 is 0 Å². The van der Waals surface area contributed by atoms with Crippen molar-refractivity contribution in [2.24, 2.45) is 0 Å². The lowest BCUT2D eigenvalue weighted by atomic mass is 10.1. The predicted molar refractivity (Wildman–Crippen MR) is 81.0 cm³/mol. The van der Waals surface area contributed by atoms with Crippen LogP contribution in [0.5, 0.6) is 0 Å². The molecule has 6 heteroatoms. The number of fused-ring (bicyclic) bond motifs is 1. The molecule has 21 heavy (non-hydrogen) atoms. The van der Waals surface area contributed by atoms with Crippen molar-refractivity contribution >= 4 is 28.3 Å². The summed E-state index contributed by atoms with van der Waals surface area (Å²) in [6, 6.07) is 5.60. The van der Waals surface area contributed by atoms with Crippen LogP contribution in [0.2, 0.25) is 0 Å². The van der Waals surface area contributed by atoms with Gasteiger partial charge in [0.15, 0.2) is 0 Å². The molecular formula is C15H11N3O2S. The summed E-state index contributed by atoms with van der Waals surface area (Å²) in [6.45, 7) is 1.94. The molecule has 3 heterocycles. The summed E-state index contributed by atoms with van der Waals surface area (Å²) < 4.78 is 5.21. The van der Waals surface area contributed by atoms with Crippen molar-refractivity contribution in [2.45, 2.75) is 6.92 Å². The Morgan fingerprint density at radius 3 is 3.14 bits per heavy atom. The minimum absolute atomic E-state index is 0.168. The van der Waals surface area contributed by atoms with Crippen molar-refractivity contribution in [3.8, 4) is 22.9 Å². The van der Waals surface area contributed by atoms with Gasteiger partial charge in [0.1, 0.15) is 0 Å². The van der Waals surface area contributed by atoms with Crippen LogP contribution < -0.4 is 5.32 Å². The van der Waals surface area contributed by atoms with Crippen molar-refractivity contribution in [3.63, 3.8) is 0 Å². The number of aromatic nitrogens is 2. The van der Waals surface area contributed by atoms with Gasteiger partial charge in [0.2, 0.25) is 0 Å². The molecule has 0 aliphatic rings. The van der Waals surface area contributed by atoms with Gasteiger partial charge in [0.25, 0.3) is 11.6 Å². The Morgan fingerprint density at radius 1 is 1.57 bits per heavy atom. The van der Waals surface area contributed by atoms with Gasteiger partial charge in [-0.3, -0.25) is 4.79 Å². The van der Waals surface area contributed by atoms with Crippen LogP contribution in [0.3, 0.4) is 0 Å². The van der Waals surface area contributed by atoms with Crippen LogP contribution in [0.1, 0.15) is 16.1 Å². The Balaban J connectivity index is 2.18. The van der Waals surface area contributed by atoms with E-state index in [0.717, 1.165) is 4.88 Å². The van der Waals surface area contributed by atoms with E-state index >= 15 is 0 Å². The number of amides is 1. The topological polar surface area (TPSA) is 68.0 Å². The van der Waals surface area contributed by atoms with Crippen molar-refractivity contribution in [2.75, 3.05) is 6.54 Å². The average Bonchev–Trinajstić information content (AvgIpc) is 3.14. The second kappa shape index (κ2) is 5.38. The fourth-order valence-electron chi connectivity index (χ4n) is 2.05. The third-order valence-electron chi connectivity index (χ3n) is 2.99. The average molecular weight is 297 g/mol. The van der Waals surface area contributed by atoms with E-state index in [2.05, 4.69) is 21.4 Å². The first-order valence-corrected chi connectivity index (χ1v) is 7.11. The van der Waals surface area contributed by atoms with E-state index in [1.807, 2.05) is 17.5 Å². The Morgan fingerprint density at radius 2 is 2.43 bits per heavy atom. The molecule has 0 saturated heterocycles. The molecule has 0 fully saturated rings. The number of carbonyl (C=O) groups is 1. The highest BCUT2D eigenvalue weighted by Crippen LogP contribution is 2.29. The van der Waals surface area contributed by atoms with E-state index in [-0.39, 0.29) is 12.5 Å². The maximum absolute atomic E-state index is 12.3. The lowest BCUT2D eigenvalue weighted by molar-refractivity contribution is 0.0960. The summed E-state index contributed by atoms with van der Waals surface area (Å²) in [5.41, 5.74) is 2.13. The number of carbonyl (C=O) groups excluding carboxylic acids is 1. The standard InChI is InChI=1S/C15H11N3O2S/c1-3-6-16-14(19)10-8-11(12-5-4-7-21-12)17-15-13(10)9(2)18-20-15/h1,4-5,7-8H,6H2,2H3,(H,16,19). The van der Waals surface area contributed by atoms with Crippen LogP contribution in [0.15, 0.2) is 28.1 Å². The molecule has 0 aliphatic heterocycles. The largest absolute Gasteiger partial charge is 0.341 e. The van der Waals surface area contributed by atoms with Gasteiger partial charge in [-0.1, -0.05) is 17.1 Å². The summed E-state index contributed by atoms with van der Waals surface area (Å²) in [6.07, 6.45) is 5.18. The number of hydrogen-bond donors (Lipinski definition) is 1. The third-order valence-corrected chi connectivity index (χ3v) is 3.88. The molecule has 0 atom stereocenters. The summed E-state index contributed by atoms with van der Waals surface area (Å²) in [5.74, 6) is 2.12. The Kier molecular flexibility index (Phi) is 3.42. The molecule has 0 radical (unpaired) electrons. The zero-order valence-electron chi connectivity index (χ0n) is 11.2. The van der Waals surface area contributed by atoms with Gasteiger partial charge in [-0.2, -0.15) is 0 Å². The molecule has 3 aromatic rings. The van der Waals surface area contributed by atoms with Crippen LogP contribution in [-0.4, -0.2) is 22.6 Å². The highest BCUT2D eigenvalue weighted by atomic mass is 32.1. The quantitative estimate of drug-likeness (QED) is 0.755. The molecule has 0 saturated carbocycles. The molecule has 0 bridgehead atoms. The summed E-state index contributed by atoms with van der Waals surface area (Å²) in [4.78, 5) is 17.7. The third kappa shape index (κ3) is 2.39. The van der Waals surface area contributed by atoms with Crippen LogP contribution in [-0.2, 0) is 0 Å².